The fourth-order valence-corrected chi connectivity index (χ4v) is 3.21. The molecule has 0 unspecified atom stereocenters. The van der Waals surface area contributed by atoms with Gasteiger partial charge in [-0.1, -0.05) is 0 Å². The summed E-state index contributed by atoms with van der Waals surface area (Å²) in [7, 11) is 0. The summed E-state index contributed by atoms with van der Waals surface area (Å²) < 4.78 is 13.0. The molecule has 1 aliphatic heterocycles. The van der Waals surface area contributed by atoms with Crippen molar-refractivity contribution in [3.63, 3.8) is 0 Å². The predicted octanol–water partition coefficient (Wildman–Crippen LogP) is 3.42. The van der Waals surface area contributed by atoms with Crippen LogP contribution >= 0.6 is 0 Å². The highest BCUT2D eigenvalue weighted by atomic mass is 19.1. The second kappa shape index (κ2) is 7.53. The van der Waals surface area contributed by atoms with Crippen LogP contribution in [0.3, 0.4) is 0 Å². The van der Waals surface area contributed by atoms with Crippen LogP contribution in [0.5, 0.6) is 0 Å². The number of aromatic nitrogens is 4. The summed E-state index contributed by atoms with van der Waals surface area (Å²) in [5.74, 6) is 1.17. The van der Waals surface area contributed by atoms with E-state index in [1.54, 1.807) is 29.4 Å². The van der Waals surface area contributed by atoms with Gasteiger partial charge in [0.15, 0.2) is 5.82 Å². The van der Waals surface area contributed by atoms with Gasteiger partial charge in [0.2, 0.25) is 0 Å². The second-order valence-electron chi connectivity index (χ2n) is 6.50. The minimum absolute atomic E-state index is 0.0980. The zero-order valence-electron chi connectivity index (χ0n) is 14.6. The number of carbonyl (C=O) groups is 1. The molecular formula is C19H19FN6O. The van der Waals surface area contributed by atoms with E-state index < -0.39 is 0 Å². The molecule has 4 rings (SSSR count). The molecule has 1 fully saturated rings. The van der Waals surface area contributed by atoms with E-state index in [0.717, 1.165) is 24.2 Å². The first-order chi connectivity index (χ1) is 13.2. The van der Waals surface area contributed by atoms with Crippen LogP contribution in [-0.4, -0.2) is 44.2 Å². The van der Waals surface area contributed by atoms with Crippen LogP contribution in [0, 0.1) is 5.82 Å². The van der Waals surface area contributed by atoms with Gasteiger partial charge in [-0.2, -0.15) is 5.10 Å². The predicted molar refractivity (Wildman–Crippen MR) is 98.6 cm³/mol. The molecule has 1 aliphatic rings. The van der Waals surface area contributed by atoms with Crippen molar-refractivity contribution in [1.82, 2.24) is 25.1 Å². The lowest BCUT2D eigenvalue weighted by atomic mass is 9.97. The minimum atomic E-state index is -0.332. The lowest BCUT2D eigenvalue weighted by molar-refractivity contribution is 0.191. The van der Waals surface area contributed by atoms with Gasteiger partial charge in [0.25, 0.3) is 0 Å². The van der Waals surface area contributed by atoms with Crippen molar-refractivity contribution in [2.45, 2.75) is 18.8 Å². The Kier molecular flexibility index (Phi) is 4.78. The molecule has 8 heteroatoms. The third-order valence-corrected chi connectivity index (χ3v) is 4.63. The summed E-state index contributed by atoms with van der Waals surface area (Å²) in [5, 5.41) is 10.1. The van der Waals surface area contributed by atoms with Gasteiger partial charge in [-0.15, -0.1) is 0 Å². The van der Waals surface area contributed by atoms with E-state index in [1.165, 1.54) is 12.1 Å². The largest absolute Gasteiger partial charge is 0.324 e. The number of nitrogens with one attached hydrogen (secondary N) is 2. The Morgan fingerprint density at radius 3 is 2.74 bits per heavy atom. The smallest absolute Gasteiger partial charge is 0.321 e. The number of carbonyl (C=O) groups excluding carboxylic acids is 1. The number of benzene rings is 1. The number of rotatable bonds is 3. The van der Waals surface area contributed by atoms with E-state index in [4.69, 9.17) is 0 Å². The molecule has 0 saturated carbocycles. The van der Waals surface area contributed by atoms with Crippen LogP contribution in [0.4, 0.5) is 14.9 Å². The molecule has 3 heterocycles. The number of anilines is 1. The van der Waals surface area contributed by atoms with Crippen molar-refractivity contribution >= 4 is 11.7 Å². The van der Waals surface area contributed by atoms with E-state index >= 15 is 0 Å². The molecule has 3 aromatic rings. The van der Waals surface area contributed by atoms with Crippen LogP contribution in [0.25, 0.3) is 11.4 Å². The molecule has 1 aromatic carbocycles. The van der Waals surface area contributed by atoms with Crippen molar-refractivity contribution in [2.24, 2.45) is 0 Å². The molecule has 0 bridgehead atoms. The number of nitrogens with zero attached hydrogens (tertiary/aromatic N) is 4. The Morgan fingerprint density at radius 1 is 1.19 bits per heavy atom. The maximum Gasteiger partial charge on any atom is 0.321 e. The normalized spacial score (nSPS) is 16.9. The van der Waals surface area contributed by atoms with Gasteiger partial charge in [0.1, 0.15) is 11.6 Å². The quantitative estimate of drug-likeness (QED) is 0.744. The number of amides is 2. The topological polar surface area (TPSA) is 86.8 Å². The summed E-state index contributed by atoms with van der Waals surface area (Å²) in [6, 6.07) is 9.26. The van der Waals surface area contributed by atoms with Crippen molar-refractivity contribution < 1.29 is 9.18 Å². The van der Waals surface area contributed by atoms with E-state index in [1.807, 2.05) is 12.1 Å². The van der Waals surface area contributed by atoms with Crippen LogP contribution in [0.1, 0.15) is 24.6 Å². The zero-order valence-corrected chi connectivity index (χ0v) is 14.6. The Morgan fingerprint density at radius 2 is 1.96 bits per heavy atom. The average Bonchev–Trinajstić information content (AvgIpc) is 3.21. The summed E-state index contributed by atoms with van der Waals surface area (Å²) in [5.41, 5.74) is 1.47. The number of piperidine rings is 1. The highest BCUT2D eigenvalue weighted by molar-refractivity contribution is 5.89. The standard InChI is InChI=1S/C19H19FN6O/c20-15-3-5-16(6-4-15)22-19(27)26-11-1-2-14(12-26)18-23-17(24-25-18)13-7-9-21-10-8-13/h3-10,14H,1-2,11-12H2,(H,22,27)(H,23,24,25)/t14-/m0/s1. The first kappa shape index (κ1) is 17.1. The van der Waals surface area contributed by atoms with Gasteiger partial charge in [0, 0.05) is 42.7 Å². The van der Waals surface area contributed by atoms with Crippen LogP contribution < -0.4 is 5.32 Å². The van der Waals surface area contributed by atoms with Gasteiger partial charge >= 0.3 is 6.03 Å². The van der Waals surface area contributed by atoms with Crippen LogP contribution in [0.15, 0.2) is 48.8 Å². The van der Waals surface area contributed by atoms with Crippen molar-refractivity contribution in [3.05, 3.63) is 60.4 Å². The lowest BCUT2D eigenvalue weighted by Gasteiger charge is -2.31. The van der Waals surface area contributed by atoms with Crippen LogP contribution in [0.2, 0.25) is 0 Å². The molecular weight excluding hydrogens is 347 g/mol. The molecule has 2 aromatic heterocycles. The molecule has 1 atom stereocenters. The number of aromatic amines is 1. The monoisotopic (exact) mass is 366 g/mol. The second-order valence-corrected chi connectivity index (χ2v) is 6.50. The maximum atomic E-state index is 13.0. The summed E-state index contributed by atoms with van der Waals surface area (Å²) >= 11 is 0. The fraction of sp³-hybridized carbons (Fsp3) is 0.263. The Bertz CT molecular complexity index is 911. The van der Waals surface area contributed by atoms with Gasteiger partial charge in [-0.3, -0.25) is 10.1 Å². The summed E-state index contributed by atoms with van der Waals surface area (Å²) in [4.78, 5) is 22.9. The molecule has 1 saturated heterocycles. The van der Waals surface area contributed by atoms with Gasteiger partial charge in [0.05, 0.1) is 0 Å². The molecule has 0 aliphatic carbocycles. The molecule has 27 heavy (non-hydrogen) atoms. The van der Waals surface area contributed by atoms with E-state index in [9.17, 15) is 9.18 Å². The molecule has 0 radical (unpaired) electrons. The lowest BCUT2D eigenvalue weighted by Crippen LogP contribution is -2.41. The van der Waals surface area contributed by atoms with Crippen molar-refractivity contribution in [3.8, 4) is 11.4 Å². The Balaban J connectivity index is 1.43. The Labute approximate surface area is 155 Å². The number of halogens is 1. The molecule has 2 N–H and O–H groups in total. The SMILES string of the molecule is O=C(Nc1ccc(F)cc1)N1CCC[C@H](c2nc(-c3ccncc3)n[nH]2)C1. The van der Waals surface area contributed by atoms with E-state index in [2.05, 4.69) is 25.5 Å². The van der Waals surface area contributed by atoms with Crippen molar-refractivity contribution in [1.29, 1.82) is 0 Å². The van der Waals surface area contributed by atoms with E-state index in [0.29, 0.717) is 24.6 Å². The number of hydrogen-bond donors (Lipinski definition) is 2. The van der Waals surface area contributed by atoms with E-state index in [-0.39, 0.29) is 17.8 Å². The number of likely N-dealkylation sites (tertiary alicyclic amines) is 1. The van der Waals surface area contributed by atoms with Gasteiger partial charge in [-0.25, -0.2) is 14.2 Å². The summed E-state index contributed by atoms with van der Waals surface area (Å²) in [6.07, 6.45) is 5.22. The highest BCUT2D eigenvalue weighted by Gasteiger charge is 2.27. The number of hydrogen-bond acceptors (Lipinski definition) is 4. The first-order valence-electron chi connectivity index (χ1n) is 8.83. The van der Waals surface area contributed by atoms with Gasteiger partial charge in [-0.05, 0) is 49.2 Å². The molecule has 2 amide bonds. The minimum Gasteiger partial charge on any atom is -0.324 e. The molecule has 0 spiro atoms. The third kappa shape index (κ3) is 3.94. The zero-order chi connectivity index (χ0) is 18.6. The molecule has 7 nitrogen and oxygen atoms in total. The van der Waals surface area contributed by atoms with Crippen molar-refractivity contribution in [2.75, 3.05) is 18.4 Å². The highest BCUT2D eigenvalue weighted by Crippen LogP contribution is 2.26. The average molecular weight is 366 g/mol. The summed E-state index contributed by atoms with van der Waals surface area (Å²) in [6.45, 7) is 1.23. The Hall–Kier alpha value is -3.29. The number of urea groups is 1. The van der Waals surface area contributed by atoms with Gasteiger partial charge < -0.3 is 10.2 Å². The number of H-pyrrole nitrogens is 1. The molecule has 138 valence electrons. The fourth-order valence-electron chi connectivity index (χ4n) is 3.21. The maximum absolute atomic E-state index is 13.0. The van der Waals surface area contributed by atoms with Crippen LogP contribution in [-0.2, 0) is 0 Å². The number of pyridine rings is 1. The third-order valence-electron chi connectivity index (χ3n) is 4.63. The first-order valence-corrected chi connectivity index (χ1v) is 8.83.